The van der Waals surface area contributed by atoms with Crippen molar-refractivity contribution in [3.63, 3.8) is 0 Å². The Kier molecular flexibility index (Phi) is 2.38. The van der Waals surface area contributed by atoms with Crippen LogP contribution in [0.5, 0.6) is 0 Å². The van der Waals surface area contributed by atoms with Crippen LogP contribution in [0.1, 0.15) is 11.3 Å². The van der Waals surface area contributed by atoms with Gasteiger partial charge in [0.2, 0.25) is 5.95 Å². The number of nitrogen functional groups attached to an aromatic ring is 1. The summed E-state index contributed by atoms with van der Waals surface area (Å²) in [6.07, 6.45) is 2.24. The van der Waals surface area contributed by atoms with Crippen LogP contribution in [0.2, 0.25) is 0 Å². The number of nitrogens with zero attached hydrogens (tertiary/aromatic N) is 2. The maximum absolute atomic E-state index is 8.63. The highest BCUT2D eigenvalue weighted by molar-refractivity contribution is 5.24. The minimum Gasteiger partial charge on any atom is -0.396 e. The van der Waals surface area contributed by atoms with Crippen molar-refractivity contribution in [1.29, 1.82) is 0 Å². The van der Waals surface area contributed by atoms with E-state index in [9.17, 15) is 0 Å². The van der Waals surface area contributed by atoms with Crippen LogP contribution in [0.4, 0.5) is 5.95 Å². The number of rotatable bonds is 2. The normalized spacial score (nSPS) is 10.0. The van der Waals surface area contributed by atoms with Gasteiger partial charge in [0.25, 0.3) is 0 Å². The fourth-order valence-electron chi connectivity index (χ4n) is 0.876. The molecule has 0 aliphatic carbocycles. The van der Waals surface area contributed by atoms with Gasteiger partial charge in [-0.15, -0.1) is 0 Å². The zero-order valence-electron chi connectivity index (χ0n) is 6.41. The van der Waals surface area contributed by atoms with Crippen LogP contribution in [0.25, 0.3) is 0 Å². The molecule has 60 valence electrons. The maximum atomic E-state index is 8.63. The number of aliphatic hydroxyl groups is 1. The lowest BCUT2D eigenvalue weighted by atomic mass is 10.2. The zero-order valence-corrected chi connectivity index (χ0v) is 6.41. The predicted molar refractivity (Wildman–Crippen MR) is 42.0 cm³/mol. The van der Waals surface area contributed by atoms with Gasteiger partial charge in [-0.1, -0.05) is 0 Å². The zero-order chi connectivity index (χ0) is 8.27. The van der Waals surface area contributed by atoms with Gasteiger partial charge >= 0.3 is 0 Å². The Morgan fingerprint density at radius 2 is 2.36 bits per heavy atom. The van der Waals surface area contributed by atoms with Crippen LogP contribution in [-0.2, 0) is 6.42 Å². The lowest BCUT2D eigenvalue weighted by Crippen LogP contribution is -2.02. The van der Waals surface area contributed by atoms with Gasteiger partial charge in [0.1, 0.15) is 0 Å². The number of aryl methyl sites for hydroxylation is 1. The van der Waals surface area contributed by atoms with E-state index in [1.54, 1.807) is 6.20 Å². The monoisotopic (exact) mass is 153 g/mol. The van der Waals surface area contributed by atoms with Gasteiger partial charge in [-0.25, -0.2) is 9.97 Å². The van der Waals surface area contributed by atoms with E-state index in [1.807, 2.05) is 6.92 Å². The molecule has 11 heavy (non-hydrogen) atoms. The molecular weight excluding hydrogens is 142 g/mol. The molecule has 0 saturated heterocycles. The molecule has 0 radical (unpaired) electrons. The maximum Gasteiger partial charge on any atom is 0.220 e. The third-order valence-corrected chi connectivity index (χ3v) is 1.48. The molecule has 1 rings (SSSR count). The van der Waals surface area contributed by atoms with Gasteiger partial charge in [0.15, 0.2) is 0 Å². The average Bonchev–Trinajstić information content (AvgIpc) is 1.95. The Labute approximate surface area is 65.1 Å². The van der Waals surface area contributed by atoms with E-state index in [4.69, 9.17) is 10.8 Å². The van der Waals surface area contributed by atoms with Crippen LogP contribution >= 0.6 is 0 Å². The van der Waals surface area contributed by atoms with E-state index in [2.05, 4.69) is 9.97 Å². The predicted octanol–water partition coefficient (Wildman–Crippen LogP) is -0.0980. The van der Waals surface area contributed by atoms with Crippen molar-refractivity contribution in [3.05, 3.63) is 17.5 Å². The smallest absolute Gasteiger partial charge is 0.220 e. The summed E-state index contributed by atoms with van der Waals surface area (Å²) in [7, 11) is 0. The summed E-state index contributed by atoms with van der Waals surface area (Å²) in [6, 6.07) is 0. The summed E-state index contributed by atoms with van der Waals surface area (Å²) < 4.78 is 0. The minimum absolute atomic E-state index is 0.119. The van der Waals surface area contributed by atoms with Gasteiger partial charge in [0.05, 0.1) is 0 Å². The highest BCUT2D eigenvalue weighted by Gasteiger charge is 1.99. The van der Waals surface area contributed by atoms with Crippen LogP contribution in [0.3, 0.4) is 0 Å². The molecule has 0 aliphatic rings. The molecule has 3 N–H and O–H groups in total. The SMILES string of the molecule is Cc1nc(N)ncc1CCO. The van der Waals surface area contributed by atoms with Crippen molar-refractivity contribution in [1.82, 2.24) is 9.97 Å². The van der Waals surface area contributed by atoms with Crippen molar-refractivity contribution < 1.29 is 5.11 Å². The molecule has 0 bridgehead atoms. The average molecular weight is 153 g/mol. The molecule has 0 atom stereocenters. The standard InChI is InChI=1S/C7H11N3O/c1-5-6(2-3-11)4-9-7(8)10-5/h4,11H,2-3H2,1H3,(H2,8,9,10). The first-order valence-electron chi connectivity index (χ1n) is 3.43. The summed E-state index contributed by atoms with van der Waals surface area (Å²) in [4.78, 5) is 7.76. The second kappa shape index (κ2) is 3.30. The molecule has 0 spiro atoms. The second-order valence-electron chi connectivity index (χ2n) is 2.31. The van der Waals surface area contributed by atoms with Crippen molar-refractivity contribution in [2.24, 2.45) is 0 Å². The Hall–Kier alpha value is -1.16. The van der Waals surface area contributed by atoms with Gasteiger partial charge < -0.3 is 10.8 Å². The molecule has 0 aromatic carbocycles. The minimum atomic E-state index is 0.119. The lowest BCUT2D eigenvalue weighted by Gasteiger charge is -2.01. The second-order valence-corrected chi connectivity index (χ2v) is 2.31. The van der Waals surface area contributed by atoms with Crippen LogP contribution in [0, 0.1) is 6.92 Å². The van der Waals surface area contributed by atoms with Crippen LogP contribution in [-0.4, -0.2) is 21.7 Å². The number of anilines is 1. The van der Waals surface area contributed by atoms with E-state index >= 15 is 0 Å². The van der Waals surface area contributed by atoms with E-state index in [0.29, 0.717) is 6.42 Å². The molecule has 4 nitrogen and oxygen atoms in total. The molecule has 0 amide bonds. The van der Waals surface area contributed by atoms with Crippen molar-refractivity contribution >= 4 is 5.95 Å². The Morgan fingerprint density at radius 3 is 2.91 bits per heavy atom. The van der Waals surface area contributed by atoms with E-state index in [-0.39, 0.29) is 12.6 Å². The summed E-state index contributed by atoms with van der Waals surface area (Å²) in [6.45, 7) is 1.97. The molecule has 0 aliphatic heterocycles. The number of aromatic nitrogens is 2. The van der Waals surface area contributed by atoms with E-state index in [0.717, 1.165) is 11.3 Å². The Balaban J connectivity index is 2.90. The quantitative estimate of drug-likeness (QED) is 0.622. The summed E-state index contributed by atoms with van der Waals surface area (Å²) in [5.74, 6) is 0.282. The van der Waals surface area contributed by atoms with Crippen molar-refractivity contribution in [2.75, 3.05) is 12.3 Å². The third-order valence-electron chi connectivity index (χ3n) is 1.48. The Morgan fingerprint density at radius 1 is 1.64 bits per heavy atom. The lowest BCUT2D eigenvalue weighted by molar-refractivity contribution is 0.299. The molecule has 1 heterocycles. The topological polar surface area (TPSA) is 72.0 Å². The molecule has 0 unspecified atom stereocenters. The first-order chi connectivity index (χ1) is 5.24. The van der Waals surface area contributed by atoms with E-state index < -0.39 is 0 Å². The van der Waals surface area contributed by atoms with Gasteiger partial charge in [-0.05, 0) is 18.9 Å². The Bertz CT molecular complexity index is 249. The summed E-state index contributed by atoms with van der Waals surface area (Å²) >= 11 is 0. The number of aliphatic hydroxyl groups excluding tert-OH is 1. The fourth-order valence-corrected chi connectivity index (χ4v) is 0.876. The van der Waals surface area contributed by atoms with Crippen molar-refractivity contribution in [2.45, 2.75) is 13.3 Å². The van der Waals surface area contributed by atoms with Gasteiger partial charge in [-0.2, -0.15) is 0 Å². The molecular formula is C7H11N3O. The van der Waals surface area contributed by atoms with Crippen LogP contribution < -0.4 is 5.73 Å². The summed E-state index contributed by atoms with van der Waals surface area (Å²) in [5.41, 5.74) is 7.12. The number of hydrogen-bond donors (Lipinski definition) is 2. The van der Waals surface area contributed by atoms with Gasteiger partial charge in [-0.3, -0.25) is 0 Å². The summed E-state index contributed by atoms with van der Waals surface area (Å²) in [5, 5.41) is 8.63. The fraction of sp³-hybridized carbons (Fsp3) is 0.429. The third kappa shape index (κ3) is 1.88. The number of hydrogen-bond acceptors (Lipinski definition) is 4. The molecule has 4 heteroatoms. The largest absolute Gasteiger partial charge is 0.396 e. The first-order valence-corrected chi connectivity index (χ1v) is 3.43. The molecule has 0 saturated carbocycles. The molecule has 0 fully saturated rings. The number of nitrogens with two attached hydrogens (primary N) is 1. The highest BCUT2D eigenvalue weighted by Crippen LogP contribution is 2.04. The molecule has 1 aromatic heterocycles. The highest BCUT2D eigenvalue weighted by atomic mass is 16.2. The van der Waals surface area contributed by atoms with E-state index in [1.165, 1.54) is 0 Å². The molecule has 1 aromatic rings. The van der Waals surface area contributed by atoms with Crippen LogP contribution in [0.15, 0.2) is 6.20 Å². The first kappa shape index (κ1) is 7.94. The van der Waals surface area contributed by atoms with Crippen molar-refractivity contribution in [3.8, 4) is 0 Å². The van der Waals surface area contributed by atoms with Gasteiger partial charge in [0, 0.05) is 18.5 Å².